The van der Waals surface area contributed by atoms with Crippen molar-refractivity contribution in [1.29, 1.82) is 0 Å². The largest absolute Gasteiger partial charge is 0.454 e. The van der Waals surface area contributed by atoms with Crippen molar-refractivity contribution in [2.45, 2.75) is 13.0 Å². The second-order valence-electron chi connectivity index (χ2n) is 5.42. The fourth-order valence-corrected chi connectivity index (χ4v) is 2.30. The van der Waals surface area contributed by atoms with Crippen LogP contribution in [0.15, 0.2) is 53.6 Å². The molecule has 0 radical (unpaired) electrons. The Hall–Kier alpha value is -3.35. The molecule has 128 valence electrons. The summed E-state index contributed by atoms with van der Waals surface area (Å²) in [5.41, 5.74) is 3.82. The van der Waals surface area contributed by atoms with Gasteiger partial charge >= 0.3 is 11.8 Å². The van der Waals surface area contributed by atoms with Gasteiger partial charge in [-0.2, -0.15) is 5.10 Å². The van der Waals surface area contributed by atoms with E-state index < -0.39 is 11.8 Å². The molecule has 2 N–H and O–H groups in total. The van der Waals surface area contributed by atoms with Gasteiger partial charge in [0.1, 0.15) is 0 Å². The van der Waals surface area contributed by atoms with Gasteiger partial charge in [-0.3, -0.25) is 9.59 Å². The number of amides is 2. The summed E-state index contributed by atoms with van der Waals surface area (Å²) in [6, 6.07) is 14.3. The summed E-state index contributed by atoms with van der Waals surface area (Å²) in [6.45, 7) is 1.99. The summed E-state index contributed by atoms with van der Waals surface area (Å²) in [5, 5.41) is 6.40. The number of carbonyl (C=O) groups excluding carboxylic acids is 2. The molecule has 0 bridgehead atoms. The second kappa shape index (κ2) is 7.48. The highest BCUT2D eigenvalue weighted by Gasteiger charge is 2.16. The molecule has 2 aromatic rings. The minimum absolute atomic E-state index is 0.187. The SMILES string of the molecule is CC(NC(=O)C(=O)N/N=C/c1ccc2c(c1)OCO2)c1ccccc1. The van der Waals surface area contributed by atoms with Gasteiger partial charge in [-0.05, 0) is 36.2 Å². The molecule has 1 atom stereocenters. The molecule has 2 aromatic carbocycles. The molecule has 0 aromatic heterocycles. The fraction of sp³-hybridized carbons (Fsp3) is 0.167. The smallest absolute Gasteiger partial charge is 0.329 e. The molecule has 0 spiro atoms. The maximum Gasteiger partial charge on any atom is 0.329 e. The molecule has 1 aliphatic rings. The first-order valence-corrected chi connectivity index (χ1v) is 7.72. The minimum atomic E-state index is -0.834. The Balaban J connectivity index is 1.52. The summed E-state index contributed by atoms with van der Waals surface area (Å²) in [7, 11) is 0. The Morgan fingerprint density at radius 1 is 1.08 bits per heavy atom. The van der Waals surface area contributed by atoms with Crippen molar-refractivity contribution in [3.8, 4) is 11.5 Å². The molecule has 0 aliphatic carbocycles. The molecule has 25 heavy (non-hydrogen) atoms. The van der Waals surface area contributed by atoms with E-state index in [2.05, 4.69) is 15.8 Å². The van der Waals surface area contributed by atoms with Gasteiger partial charge in [-0.25, -0.2) is 5.43 Å². The molecule has 1 aliphatic heterocycles. The average Bonchev–Trinajstić information content (AvgIpc) is 3.10. The van der Waals surface area contributed by atoms with Crippen molar-refractivity contribution in [2.24, 2.45) is 5.10 Å². The van der Waals surface area contributed by atoms with E-state index in [-0.39, 0.29) is 12.8 Å². The normalized spacial score (nSPS) is 13.5. The first-order valence-electron chi connectivity index (χ1n) is 7.72. The first-order chi connectivity index (χ1) is 12.1. The molecule has 0 saturated carbocycles. The highest BCUT2D eigenvalue weighted by molar-refractivity contribution is 6.35. The van der Waals surface area contributed by atoms with Crippen LogP contribution < -0.4 is 20.2 Å². The van der Waals surface area contributed by atoms with Gasteiger partial charge in [0.25, 0.3) is 0 Å². The van der Waals surface area contributed by atoms with E-state index in [0.717, 1.165) is 5.56 Å². The van der Waals surface area contributed by atoms with Gasteiger partial charge in [0.2, 0.25) is 6.79 Å². The Labute approximate surface area is 144 Å². The monoisotopic (exact) mass is 339 g/mol. The van der Waals surface area contributed by atoms with Gasteiger partial charge in [0, 0.05) is 0 Å². The highest BCUT2D eigenvalue weighted by Crippen LogP contribution is 2.31. The summed E-state index contributed by atoms with van der Waals surface area (Å²) in [4.78, 5) is 23.7. The van der Waals surface area contributed by atoms with Crippen molar-refractivity contribution in [3.63, 3.8) is 0 Å². The van der Waals surface area contributed by atoms with Gasteiger partial charge < -0.3 is 14.8 Å². The van der Waals surface area contributed by atoms with E-state index in [1.54, 1.807) is 25.1 Å². The van der Waals surface area contributed by atoms with E-state index in [4.69, 9.17) is 9.47 Å². The maximum atomic E-state index is 11.9. The van der Waals surface area contributed by atoms with E-state index in [9.17, 15) is 9.59 Å². The maximum absolute atomic E-state index is 11.9. The highest BCUT2D eigenvalue weighted by atomic mass is 16.7. The van der Waals surface area contributed by atoms with Crippen molar-refractivity contribution < 1.29 is 19.1 Å². The number of benzene rings is 2. The molecule has 1 unspecified atom stereocenters. The van der Waals surface area contributed by atoms with Crippen LogP contribution in [0.3, 0.4) is 0 Å². The topological polar surface area (TPSA) is 89.0 Å². The molecule has 0 fully saturated rings. The quantitative estimate of drug-likeness (QED) is 0.504. The zero-order valence-corrected chi connectivity index (χ0v) is 13.6. The van der Waals surface area contributed by atoms with E-state index in [1.165, 1.54) is 6.21 Å². The Kier molecular flexibility index (Phi) is 4.94. The van der Waals surface area contributed by atoms with Crippen LogP contribution in [0.2, 0.25) is 0 Å². The molecule has 3 rings (SSSR count). The minimum Gasteiger partial charge on any atom is -0.454 e. The zero-order valence-electron chi connectivity index (χ0n) is 13.6. The first kappa shape index (κ1) is 16.5. The standard InChI is InChI=1S/C18H17N3O4/c1-12(14-5-3-2-4-6-14)20-17(22)18(23)21-19-10-13-7-8-15-16(9-13)25-11-24-15/h2-10,12H,11H2,1H3,(H,20,22)(H,21,23)/b19-10+. The lowest BCUT2D eigenvalue weighted by Crippen LogP contribution is -2.39. The number of carbonyl (C=O) groups is 2. The van der Waals surface area contributed by atoms with Gasteiger partial charge in [-0.1, -0.05) is 30.3 Å². The molecular formula is C18H17N3O4. The molecular weight excluding hydrogens is 322 g/mol. The van der Waals surface area contributed by atoms with Crippen LogP contribution in [0, 0.1) is 0 Å². The summed E-state index contributed by atoms with van der Waals surface area (Å²) in [6.07, 6.45) is 1.42. The Morgan fingerprint density at radius 3 is 2.64 bits per heavy atom. The van der Waals surface area contributed by atoms with Crippen LogP contribution in [-0.2, 0) is 9.59 Å². The van der Waals surface area contributed by atoms with Crippen molar-refractivity contribution in [2.75, 3.05) is 6.79 Å². The third-order valence-corrected chi connectivity index (χ3v) is 3.63. The molecule has 7 nitrogen and oxygen atoms in total. The predicted molar refractivity (Wildman–Crippen MR) is 91.3 cm³/mol. The van der Waals surface area contributed by atoms with Crippen LogP contribution in [0.25, 0.3) is 0 Å². The van der Waals surface area contributed by atoms with Crippen LogP contribution in [0.4, 0.5) is 0 Å². The third kappa shape index (κ3) is 4.14. The van der Waals surface area contributed by atoms with Gasteiger partial charge in [-0.15, -0.1) is 0 Å². The van der Waals surface area contributed by atoms with Crippen molar-refractivity contribution in [1.82, 2.24) is 10.7 Å². The summed E-state index contributed by atoms with van der Waals surface area (Å²) >= 11 is 0. The second-order valence-corrected chi connectivity index (χ2v) is 5.42. The molecule has 7 heteroatoms. The molecule has 2 amide bonds. The van der Waals surface area contributed by atoms with Gasteiger partial charge in [0.05, 0.1) is 12.3 Å². The van der Waals surface area contributed by atoms with E-state index >= 15 is 0 Å². The molecule has 0 saturated heterocycles. The van der Waals surface area contributed by atoms with Gasteiger partial charge in [0.15, 0.2) is 11.5 Å². The van der Waals surface area contributed by atoms with Crippen molar-refractivity contribution in [3.05, 3.63) is 59.7 Å². The van der Waals surface area contributed by atoms with E-state index in [1.807, 2.05) is 30.3 Å². The number of nitrogens with zero attached hydrogens (tertiary/aromatic N) is 1. The number of rotatable bonds is 4. The lowest BCUT2D eigenvalue weighted by Gasteiger charge is -2.13. The van der Waals surface area contributed by atoms with Crippen LogP contribution in [0.1, 0.15) is 24.1 Å². The van der Waals surface area contributed by atoms with Crippen molar-refractivity contribution >= 4 is 18.0 Å². The Bertz CT molecular complexity index is 805. The summed E-state index contributed by atoms with van der Waals surface area (Å²) in [5.74, 6) is -0.306. The lowest BCUT2D eigenvalue weighted by molar-refractivity contribution is -0.139. The van der Waals surface area contributed by atoms with Crippen LogP contribution >= 0.6 is 0 Å². The number of fused-ring (bicyclic) bond motifs is 1. The number of ether oxygens (including phenoxy) is 2. The number of hydrogen-bond acceptors (Lipinski definition) is 5. The predicted octanol–water partition coefficient (Wildman–Crippen LogP) is 1.74. The average molecular weight is 339 g/mol. The third-order valence-electron chi connectivity index (χ3n) is 3.63. The number of hydrazone groups is 1. The lowest BCUT2D eigenvalue weighted by atomic mass is 10.1. The number of hydrogen-bond donors (Lipinski definition) is 2. The van der Waals surface area contributed by atoms with Crippen LogP contribution in [0.5, 0.6) is 11.5 Å². The van der Waals surface area contributed by atoms with Crippen LogP contribution in [-0.4, -0.2) is 24.8 Å². The van der Waals surface area contributed by atoms with E-state index in [0.29, 0.717) is 17.1 Å². The fourth-order valence-electron chi connectivity index (χ4n) is 2.30. The zero-order chi connectivity index (χ0) is 17.6. The Morgan fingerprint density at radius 2 is 1.84 bits per heavy atom. The number of nitrogens with one attached hydrogen (secondary N) is 2. The summed E-state index contributed by atoms with van der Waals surface area (Å²) < 4.78 is 10.5. The molecule has 1 heterocycles.